The van der Waals surface area contributed by atoms with Crippen molar-refractivity contribution in [1.82, 2.24) is 0 Å². The van der Waals surface area contributed by atoms with E-state index in [1.807, 2.05) is 12.1 Å². The molecule has 0 aliphatic carbocycles. The first-order valence-electron chi connectivity index (χ1n) is 8.55. The van der Waals surface area contributed by atoms with Gasteiger partial charge in [0, 0.05) is 0 Å². The van der Waals surface area contributed by atoms with Gasteiger partial charge in [-0.05, 0) is 0 Å². The Morgan fingerprint density at radius 1 is 0.810 bits per heavy atom. The third-order valence-electron chi connectivity index (χ3n) is 4.53. The number of benzene rings is 1. The zero-order chi connectivity index (χ0) is 15.7. The average Bonchev–Trinajstić information content (AvgIpc) is 2.47. The third kappa shape index (κ3) is 5.74. The van der Waals surface area contributed by atoms with Crippen LogP contribution in [-0.4, -0.2) is 18.5 Å². The minimum atomic E-state index is -1.49. The summed E-state index contributed by atoms with van der Waals surface area (Å²) in [5.74, 6) is 0. The van der Waals surface area contributed by atoms with Crippen LogP contribution in [0.2, 0.25) is 10.0 Å². The van der Waals surface area contributed by atoms with Crippen LogP contribution in [0.4, 0.5) is 0 Å². The Morgan fingerprint density at radius 3 is 1.67 bits per heavy atom. The van der Waals surface area contributed by atoms with Gasteiger partial charge in [0.1, 0.15) is 0 Å². The Bertz CT molecular complexity index is 396. The second-order valence-corrected chi connectivity index (χ2v) is 11.7. The van der Waals surface area contributed by atoms with Gasteiger partial charge in [-0.15, -0.1) is 0 Å². The van der Waals surface area contributed by atoms with E-state index in [4.69, 9.17) is 23.2 Å². The van der Waals surface area contributed by atoms with E-state index in [9.17, 15) is 0 Å². The summed E-state index contributed by atoms with van der Waals surface area (Å²) in [6.45, 7) is 6.88. The fourth-order valence-corrected chi connectivity index (χ4v) is 9.92. The fourth-order valence-electron chi connectivity index (χ4n) is 3.24. The summed E-state index contributed by atoms with van der Waals surface area (Å²) in [7, 11) is -1.49. The first-order chi connectivity index (χ1) is 10.1. The summed E-state index contributed by atoms with van der Waals surface area (Å²) in [6.07, 6.45) is 12.0. The zero-order valence-electron chi connectivity index (χ0n) is 13.9. The summed E-state index contributed by atoms with van der Waals surface area (Å²) < 4.78 is 0. The van der Waals surface area contributed by atoms with E-state index in [-0.39, 0.29) is 0 Å². The van der Waals surface area contributed by atoms with Crippen molar-refractivity contribution in [2.45, 2.75) is 59.3 Å². The third-order valence-corrected chi connectivity index (χ3v) is 10.7. The Hall–Kier alpha value is 0.230. The molecular weight excluding hydrogens is 318 g/mol. The van der Waals surface area contributed by atoms with Crippen molar-refractivity contribution in [3.05, 3.63) is 28.2 Å². The van der Waals surface area contributed by atoms with Crippen molar-refractivity contribution in [1.29, 1.82) is 0 Å². The minimum absolute atomic E-state index is 0.758. The number of hydrogen-bond donors (Lipinski definition) is 0. The Kier molecular flexibility index (Phi) is 9.26. The zero-order valence-corrected chi connectivity index (χ0v) is 16.4. The molecule has 0 radical (unpaired) electrons. The van der Waals surface area contributed by atoms with Gasteiger partial charge in [-0.1, -0.05) is 0 Å². The number of unbranched alkanes of at least 4 members (excludes halogenated alkanes) is 3. The van der Waals surface area contributed by atoms with Gasteiger partial charge in [0.05, 0.1) is 0 Å². The molecule has 0 unspecified atom stereocenters. The molecule has 3 heteroatoms. The first kappa shape index (κ1) is 19.3. The standard InChI is InChI=1S/C18H31Cl2P/c1-4-7-12-21(13-8-5-2,14-9-6-3)18-11-10-16(19)15-17(18)20/h10-11,15,21H,4-9,12-14H2,1-3H3. The van der Waals surface area contributed by atoms with Crippen molar-refractivity contribution >= 4 is 35.8 Å². The topological polar surface area (TPSA) is 0 Å². The van der Waals surface area contributed by atoms with E-state index in [0.717, 1.165) is 10.0 Å². The summed E-state index contributed by atoms with van der Waals surface area (Å²) in [6, 6.07) is 6.22. The maximum absolute atomic E-state index is 6.60. The van der Waals surface area contributed by atoms with Gasteiger partial charge < -0.3 is 0 Å². The molecule has 0 spiro atoms. The molecular formula is C18H31Cl2P. The van der Waals surface area contributed by atoms with Gasteiger partial charge in [-0.2, -0.15) is 0 Å². The SMILES string of the molecule is CCCC[PH](CCCC)(CCCC)c1ccc(Cl)cc1Cl. The van der Waals surface area contributed by atoms with Crippen LogP contribution in [0.5, 0.6) is 0 Å². The van der Waals surface area contributed by atoms with Gasteiger partial charge in [0.15, 0.2) is 0 Å². The molecule has 0 N–H and O–H groups in total. The van der Waals surface area contributed by atoms with Crippen molar-refractivity contribution < 1.29 is 0 Å². The van der Waals surface area contributed by atoms with Gasteiger partial charge in [0.25, 0.3) is 0 Å². The van der Waals surface area contributed by atoms with Gasteiger partial charge in [-0.25, -0.2) is 0 Å². The van der Waals surface area contributed by atoms with Crippen molar-refractivity contribution in [3.63, 3.8) is 0 Å². The molecule has 0 saturated heterocycles. The van der Waals surface area contributed by atoms with Crippen molar-refractivity contribution in [3.8, 4) is 0 Å². The van der Waals surface area contributed by atoms with Crippen molar-refractivity contribution in [2.75, 3.05) is 18.5 Å². The Morgan fingerprint density at radius 2 is 1.29 bits per heavy atom. The van der Waals surface area contributed by atoms with Crippen LogP contribution >= 0.6 is 30.5 Å². The summed E-state index contributed by atoms with van der Waals surface area (Å²) in [4.78, 5) is 0. The molecule has 0 amide bonds. The van der Waals surface area contributed by atoms with Gasteiger partial charge in [0.2, 0.25) is 0 Å². The molecule has 21 heavy (non-hydrogen) atoms. The van der Waals surface area contributed by atoms with E-state index < -0.39 is 7.26 Å². The maximum atomic E-state index is 6.60. The predicted molar refractivity (Wildman–Crippen MR) is 104 cm³/mol. The van der Waals surface area contributed by atoms with Crippen LogP contribution in [0, 0.1) is 0 Å². The molecule has 0 aliphatic rings. The van der Waals surface area contributed by atoms with Crippen LogP contribution in [0.1, 0.15) is 59.3 Å². The molecule has 0 atom stereocenters. The Balaban J connectivity index is 3.15. The van der Waals surface area contributed by atoms with E-state index in [1.54, 1.807) is 0 Å². The predicted octanol–water partition coefficient (Wildman–Crippen LogP) is 6.77. The number of hydrogen-bond acceptors (Lipinski definition) is 0. The number of rotatable bonds is 10. The number of halogens is 2. The monoisotopic (exact) mass is 348 g/mol. The quantitative estimate of drug-likeness (QED) is 0.409. The normalized spacial score (nSPS) is 12.6. The second-order valence-electron chi connectivity index (χ2n) is 6.22. The van der Waals surface area contributed by atoms with Gasteiger partial charge in [-0.3, -0.25) is 0 Å². The molecule has 0 nitrogen and oxygen atoms in total. The summed E-state index contributed by atoms with van der Waals surface area (Å²) >= 11 is 12.7. The molecule has 0 aliphatic heterocycles. The molecule has 0 aromatic heterocycles. The van der Waals surface area contributed by atoms with E-state index in [0.29, 0.717) is 0 Å². The average molecular weight is 349 g/mol. The Labute approximate surface area is 142 Å². The van der Waals surface area contributed by atoms with Crippen LogP contribution in [0.3, 0.4) is 0 Å². The second kappa shape index (κ2) is 10.1. The van der Waals surface area contributed by atoms with Crippen LogP contribution in [0.15, 0.2) is 18.2 Å². The molecule has 1 aromatic carbocycles. The molecule has 0 bridgehead atoms. The molecule has 1 rings (SSSR count). The summed E-state index contributed by atoms with van der Waals surface area (Å²) in [5.41, 5.74) is 0. The van der Waals surface area contributed by atoms with Gasteiger partial charge >= 0.3 is 142 Å². The molecule has 0 saturated carbocycles. The van der Waals surface area contributed by atoms with Crippen LogP contribution in [0.25, 0.3) is 0 Å². The molecule has 122 valence electrons. The molecule has 0 heterocycles. The molecule has 0 fully saturated rings. The van der Waals surface area contributed by atoms with Crippen LogP contribution in [-0.2, 0) is 0 Å². The molecule has 1 aromatic rings. The van der Waals surface area contributed by atoms with E-state index in [2.05, 4.69) is 26.8 Å². The fraction of sp³-hybridized carbons (Fsp3) is 0.667. The first-order valence-corrected chi connectivity index (χ1v) is 11.9. The van der Waals surface area contributed by atoms with E-state index in [1.165, 1.54) is 62.3 Å². The summed E-state index contributed by atoms with van der Waals surface area (Å²) in [5, 5.41) is 3.13. The van der Waals surface area contributed by atoms with E-state index >= 15 is 0 Å². The van der Waals surface area contributed by atoms with Crippen LogP contribution < -0.4 is 5.30 Å². The van der Waals surface area contributed by atoms with Crippen molar-refractivity contribution in [2.24, 2.45) is 0 Å².